The Bertz CT molecular complexity index is 698. The van der Waals surface area contributed by atoms with Crippen LogP contribution in [0, 0.1) is 29.6 Å². The fraction of sp³-hybridized carbons (Fsp3) is 0.864. The van der Waals surface area contributed by atoms with E-state index in [1.807, 2.05) is 0 Å². The summed E-state index contributed by atoms with van der Waals surface area (Å²) in [6.45, 7) is 4.56. The number of carbonyl (C=O) groups is 1. The van der Waals surface area contributed by atoms with E-state index in [0.717, 1.165) is 30.1 Å². The zero-order valence-electron chi connectivity index (χ0n) is 17.2. The van der Waals surface area contributed by atoms with Crippen LogP contribution >= 0.6 is 11.8 Å². The zero-order valence-corrected chi connectivity index (χ0v) is 18.0. The minimum atomic E-state index is 0.0884. The third-order valence-corrected chi connectivity index (χ3v) is 9.10. The first-order valence-electron chi connectivity index (χ1n) is 11.3. The van der Waals surface area contributed by atoms with Crippen molar-refractivity contribution in [1.82, 2.24) is 15.5 Å². The Hall–Kier alpha value is -1.04. The molecule has 0 unspecified atom stereocenters. The van der Waals surface area contributed by atoms with Crippen LogP contribution in [0.5, 0.6) is 0 Å². The largest absolute Gasteiger partial charge is 0.415 e. The molecule has 3 atom stereocenters. The Labute approximate surface area is 172 Å². The SMILES string of the molecule is C[C@@H]1[C@@H](C)CCC[C@H]1NC(=O)CSc1nnc(C23CC4CC(CC(C4)C2)C3)o1. The van der Waals surface area contributed by atoms with Gasteiger partial charge in [-0.05, 0) is 74.5 Å². The lowest BCUT2D eigenvalue weighted by molar-refractivity contribution is -0.120. The van der Waals surface area contributed by atoms with Crippen LogP contribution < -0.4 is 5.32 Å². The maximum Gasteiger partial charge on any atom is 0.277 e. The molecule has 154 valence electrons. The van der Waals surface area contributed by atoms with Crippen molar-refractivity contribution >= 4 is 17.7 Å². The van der Waals surface area contributed by atoms with Crippen LogP contribution in [0.3, 0.4) is 0 Å². The van der Waals surface area contributed by atoms with E-state index in [-0.39, 0.29) is 11.3 Å². The zero-order chi connectivity index (χ0) is 19.3. The first kappa shape index (κ1) is 19.0. The second-order valence-corrected chi connectivity index (χ2v) is 11.2. The molecule has 0 saturated heterocycles. The Morgan fingerprint density at radius 1 is 1.11 bits per heavy atom. The molecule has 5 aliphatic rings. The number of nitrogens with one attached hydrogen (secondary N) is 1. The van der Waals surface area contributed by atoms with E-state index in [4.69, 9.17) is 4.42 Å². The Morgan fingerprint density at radius 2 is 1.79 bits per heavy atom. The highest BCUT2D eigenvalue weighted by atomic mass is 32.2. The Balaban J connectivity index is 1.18. The summed E-state index contributed by atoms with van der Waals surface area (Å²) in [6.07, 6.45) is 11.5. The molecule has 1 aromatic rings. The maximum atomic E-state index is 12.4. The maximum absolute atomic E-state index is 12.4. The molecule has 1 N–H and O–H groups in total. The van der Waals surface area contributed by atoms with E-state index >= 15 is 0 Å². The Morgan fingerprint density at radius 3 is 2.46 bits per heavy atom. The Kier molecular flexibility index (Phi) is 4.96. The summed E-state index contributed by atoms with van der Waals surface area (Å²) in [5.41, 5.74) is 0.135. The molecule has 5 nitrogen and oxygen atoms in total. The fourth-order valence-electron chi connectivity index (χ4n) is 7.02. The van der Waals surface area contributed by atoms with Gasteiger partial charge in [0.25, 0.3) is 5.22 Å². The highest BCUT2D eigenvalue weighted by molar-refractivity contribution is 7.99. The molecule has 0 aromatic carbocycles. The molecule has 1 heterocycles. The first-order chi connectivity index (χ1) is 13.5. The van der Waals surface area contributed by atoms with Gasteiger partial charge in [-0.15, -0.1) is 10.2 Å². The van der Waals surface area contributed by atoms with E-state index < -0.39 is 0 Å². The number of thioether (sulfide) groups is 1. The molecule has 5 saturated carbocycles. The second kappa shape index (κ2) is 7.33. The predicted molar refractivity (Wildman–Crippen MR) is 109 cm³/mol. The summed E-state index contributed by atoms with van der Waals surface area (Å²) in [7, 11) is 0. The average molecular weight is 404 g/mol. The molecule has 28 heavy (non-hydrogen) atoms. The molecular formula is C22H33N3O2S. The molecule has 4 bridgehead atoms. The average Bonchev–Trinajstić information content (AvgIpc) is 3.13. The third kappa shape index (κ3) is 3.50. The monoisotopic (exact) mass is 403 g/mol. The highest BCUT2D eigenvalue weighted by Crippen LogP contribution is 2.60. The first-order valence-corrected chi connectivity index (χ1v) is 12.3. The van der Waals surface area contributed by atoms with E-state index in [2.05, 4.69) is 29.4 Å². The molecule has 5 aliphatic carbocycles. The van der Waals surface area contributed by atoms with Gasteiger partial charge in [0.05, 0.1) is 5.75 Å². The molecule has 1 amide bonds. The van der Waals surface area contributed by atoms with E-state index in [0.29, 0.717) is 28.9 Å². The van der Waals surface area contributed by atoms with E-state index in [1.54, 1.807) is 0 Å². The van der Waals surface area contributed by atoms with Crippen molar-refractivity contribution in [2.45, 2.75) is 88.3 Å². The van der Waals surface area contributed by atoms with Gasteiger partial charge >= 0.3 is 0 Å². The highest BCUT2D eigenvalue weighted by Gasteiger charge is 2.54. The standard InChI is InChI=1S/C22H33N3O2S/c1-13-4-3-5-18(14(13)2)23-19(26)12-28-21-25-24-20(27-21)22-9-15-6-16(10-22)8-17(7-15)11-22/h13-18H,3-12H2,1-2H3,(H,23,26)/t13-,14+,15?,16?,17?,18+,22?/m0/s1. The van der Waals surface area contributed by atoms with Crippen molar-refractivity contribution < 1.29 is 9.21 Å². The second-order valence-electron chi connectivity index (χ2n) is 10.3. The lowest BCUT2D eigenvalue weighted by Crippen LogP contribution is -2.48. The molecule has 6 heteroatoms. The number of hydrogen-bond acceptors (Lipinski definition) is 5. The summed E-state index contributed by atoms with van der Waals surface area (Å²) < 4.78 is 6.11. The molecule has 0 spiro atoms. The van der Waals surface area contributed by atoms with Gasteiger partial charge in [0.1, 0.15) is 0 Å². The van der Waals surface area contributed by atoms with Gasteiger partial charge in [-0.1, -0.05) is 38.5 Å². The van der Waals surface area contributed by atoms with Crippen molar-refractivity contribution in [3.05, 3.63) is 5.89 Å². The van der Waals surface area contributed by atoms with Crippen LogP contribution in [-0.2, 0) is 10.2 Å². The minimum absolute atomic E-state index is 0.0884. The van der Waals surface area contributed by atoms with Crippen LogP contribution in [0.25, 0.3) is 0 Å². The summed E-state index contributed by atoms with van der Waals surface area (Å²) in [4.78, 5) is 12.4. The van der Waals surface area contributed by atoms with E-state index in [9.17, 15) is 4.79 Å². The van der Waals surface area contributed by atoms with Crippen molar-refractivity contribution in [2.24, 2.45) is 29.6 Å². The van der Waals surface area contributed by atoms with Gasteiger partial charge < -0.3 is 9.73 Å². The predicted octanol–water partition coefficient (Wildman–Crippen LogP) is 4.57. The molecule has 6 rings (SSSR count). The number of nitrogens with zero attached hydrogens (tertiary/aromatic N) is 2. The summed E-state index contributed by atoms with van der Waals surface area (Å²) in [5.74, 6) is 5.12. The lowest BCUT2D eigenvalue weighted by atomic mass is 9.49. The smallest absolute Gasteiger partial charge is 0.277 e. The minimum Gasteiger partial charge on any atom is -0.415 e. The van der Waals surface area contributed by atoms with Crippen LogP contribution in [0.4, 0.5) is 0 Å². The number of amides is 1. The normalized spacial score (nSPS) is 41.9. The van der Waals surface area contributed by atoms with Gasteiger partial charge in [0, 0.05) is 11.5 Å². The van der Waals surface area contributed by atoms with Gasteiger partial charge in [-0.25, -0.2) is 0 Å². The number of aromatic nitrogens is 2. The van der Waals surface area contributed by atoms with Crippen molar-refractivity contribution in [1.29, 1.82) is 0 Å². The number of carbonyl (C=O) groups excluding carboxylic acids is 1. The number of rotatable bonds is 5. The fourth-order valence-corrected chi connectivity index (χ4v) is 7.59. The van der Waals surface area contributed by atoms with Crippen LogP contribution in [0.15, 0.2) is 9.64 Å². The summed E-state index contributed by atoms with van der Waals surface area (Å²) >= 11 is 1.39. The lowest BCUT2D eigenvalue weighted by Gasteiger charge is -2.55. The quantitative estimate of drug-likeness (QED) is 0.729. The van der Waals surface area contributed by atoms with Gasteiger partial charge in [-0.2, -0.15) is 0 Å². The molecular weight excluding hydrogens is 370 g/mol. The van der Waals surface area contributed by atoms with Gasteiger partial charge in [0.15, 0.2) is 0 Å². The van der Waals surface area contributed by atoms with Crippen molar-refractivity contribution in [3.8, 4) is 0 Å². The van der Waals surface area contributed by atoms with Gasteiger partial charge in [-0.3, -0.25) is 4.79 Å². The topological polar surface area (TPSA) is 68.0 Å². The molecule has 0 aliphatic heterocycles. The van der Waals surface area contributed by atoms with E-state index in [1.165, 1.54) is 63.1 Å². The van der Waals surface area contributed by atoms with Crippen molar-refractivity contribution in [3.63, 3.8) is 0 Å². The molecule has 1 aromatic heterocycles. The van der Waals surface area contributed by atoms with Gasteiger partial charge in [0.2, 0.25) is 11.8 Å². The number of hydrogen-bond donors (Lipinski definition) is 1. The van der Waals surface area contributed by atoms with Crippen LogP contribution in [0.2, 0.25) is 0 Å². The van der Waals surface area contributed by atoms with Crippen LogP contribution in [0.1, 0.15) is 77.5 Å². The molecule has 0 radical (unpaired) electrons. The summed E-state index contributed by atoms with van der Waals surface area (Å²) in [6, 6.07) is 0.308. The third-order valence-electron chi connectivity index (χ3n) is 8.28. The van der Waals surface area contributed by atoms with Crippen LogP contribution in [-0.4, -0.2) is 27.9 Å². The molecule has 5 fully saturated rings. The van der Waals surface area contributed by atoms with Crippen molar-refractivity contribution in [2.75, 3.05) is 5.75 Å². The summed E-state index contributed by atoms with van der Waals surface area (Å²) in [5, 5.41) is 12.5.